The van der Waals surface area contributed by atoms with E-state index in [1.807, 2.05) is 0 Å². The lowest BCUT2D eigenvalue weighted by atomic mass is 10.2. The van der Waals surface area contributed by atoms with Gasteiger partial charge in [-0.2, -0.15) is 0 Å². The molecule has 70 valence electrons. The number of hydrogen-bond donors (Lipinski definition) is 2. The molecule has 0 saturated heterocycles. The molecule has 1 rings (SSSR count). The van der Waals surface area contributed by atoms with Crippen LogP contribution in [0.2, 0.25) is 0 Å². The van der Waals surface area contributed by atoms with Crippen LogP contribution >= 0.6 is 0 Å². The predicted molar refractivity (Wildman–Crippen MR) is 47.7 cm³/mol. The monoisotopic (exact) mass is 199 g/mol. The van der Waals surface area contributed by atoms with Crippen LogP contribution in [-0.2, 0) is 11.1 Å². The Bertz CT molecular complexity index is 359. The van der Waals surface area contributed by atoms with E-state index in [0.717, 1.165) is 5.41 Å². The lowest BCUT2D eigenvalue weighted by molar-refractivity contribution is 0.403. The van der Waals surface area contributed by atoms with Crippen molar-refractivity contribution in [2.45, 2.75) is 0 Å². The Labute approximate surface area is 77.4 Å². The topological polar surface area (TPSA) is 80.6 Å². The van der Waals surface area contributed by atoms with Crippen molar-refractivity contribution in [1.82, 2.24) is 0 Å². The van der Waals surface area contributed by atoms with E-state index in [9.17, 15) is 8.76 Å². The standard InChI is InChI=1S/C8H8O4S/c9-7-2-1-6(5-8(7)10)3-4-13(11)12/h1-5,9-10H,(H,11,12)/p-1/b4-3+. The lowest BCUT2D eigenvalue weighted by Crippen LogP contribution is -1.78. The van der Waals surface area contributed by atoms with E-state index >= 15 is 0 Å². The van der Waals surface area contributed by atoms with E-state index in [1.165, 1.54) is 24.3 Å². The van der Waals surface area contributed by atoms with E-state index in [1.54, 1.807) is 0 Å². The molecule has 0 spiro atoms. The van der Waals surface area contributed by atoms with Crippen LogP contribution in [0.25, 0.3) is 6.08 Å². The van der Waals surface area contributed by atoms with Crippen LogP contribution in [0.4, 0.5) is 0 Å². The first-order valence-corrected chi connectivity index (χ1v) is 4.51. The summed E-state index contributed by atoms with van der Waals surface area (Å²) in [5.41, 5.74) is 0.500. The molecule has 0 amide bonds. The van der Waals surface area contributed by atoms with Gasteiger partial charge in [0.05, 0.1) is 0 Å². The Hall–Kier alpha value is -1.33. The first-order chi connectivity index (χ1) is 6.09. The molecule has 0 fully saturated rings. The predicted octanol–water partition coefficient (Wildman–Crippen LogP) is 0.948. The van der Waals surface area contributed by atoms with Crippen molar-refractivity contribution in [3.05, 3.63) is 29.2 Å². The van der Waals surface area contributed by atoms with Crippen LogP contribution in [0.1, 0.15) is 5.56 Å². The van der Waals surface area contributed by atoms with Crippen LogP contribution in [0.3, 0.4) is 0 Å². The fourth-order valence-corrected chi connectivity index (χ4v) is 1.05. The van der Waals surface area contributed by atoms with Crippen molar-refractivity contribution in [3.63, 3.8) is 0 Å². The van der Waals surface area contributed by atoms with Gasteiger partial charge in [-0.1, -0.05) is 6.07 Å². The molecule has 1 aromatic carbocycles. The van der Waals surface area contributed by atoms with Gasteiger partial charge in [-0.25, -0.2) is 0 Å². The average Bonchev–Trinajstić information content (AvgIpc) is 2.07. The van der Waals surface area contributed by atoms with Crippen LogP contribution in [0.15, 0.2) is 23.6 Å². The Balaban J connectivity index is 2.92. The summed E-state index contributed by atoms with van der Waals surface area (Å²) in [6, 6.07) is 4.03. The molecule has 0 aliphatic heterocycles. The second-order valence-corrected chi connectivity index (χ2v) is 3.10. The highest BCUT2D eigenvalue weighted by atomic mass is 32.2. The zero-order valence-corrected chi connectivity index (χ0v) is 7.32. The molecule has 0 radical (unpaired) electrons. The van der Waals surface area contributed by atoms with E-state index in [2.05, 4.69) is 0 Å². The summed E-state index contributed by atoms with van der Waals surface area (Å²) in [4.78, 5) is 0. The molecule has 2 N–H and O–H groups in total. The summed E-state index contributed by atoms with van der Waals surface area (Å²) in [5.74, 6) is -0.515. The summed E-state index contributed by atoms with van der Waals surface area (Å²) in [6.07, 6.45) is 1.31. The highest BCUT2D eigenvalue weighted by molar-refractivity contribution is 7.82. The molecule has 0 saturated carbocycles. The van der Waals surface area contributed by atoms with Gasteiger partial charge in [0.25, 0.3) is 0 Å². The normalized spacial score (nSPS) is 13.3. The Morgan fingerprint density at radius 3 is 2.54 bits per heavy atom. The van der Waals surface area contributed by atoms with Gasteiger partial charge < -0.3 is 14.8 Å². The van der Waals surface area contributed by atoms with E-state index in [4.69, 9.17) is 10.2 Å². The van der Waals surface area contributed by atoms with Gasteiger partial charge in [0.15, 0.2) is 11.5 Å². The summed E-state index contributed by atoms with van der Waals surface area (Å²) >= 11 is -2.25. The highest BCUT2D eigenvalue weighted by Crippen LogP contribution is 2.25. The highest BCUT2D eigenvalue weighted by Gasteiger charge is 1.96. The fraction of sp³-hybridized carbons (Fsp3) is 0. The molecule has 1 unspecified atom stereocenters. The zero-order valence-electron chi connectivity index (χ0n) is 6.51. The third-order valence-electron chi connectivity index (χ3n) is 1.37. The van der Waals surface area contributed by atoms with Crippen LogP contribution in [-0.4, -0.2) is 19.0 Å². The maximum atomic E-state index is 10.1. The first kappa shape index (κ1) is 9.76. The van der Waals surface area contributed by atoms with Gasteiger partial charge in [-0.05, 0) is 40.3 Å². The maximum Gasteiger partial charge on any atom is 0.157 e. The number of rotatable bonds is 2. The van der Waals surface area contributed by atoms with Gasteiger partial charge in [0.1, 0.15) is 0 Å². The van der Waals surface area contributed by atoms with Crippen LogP contribution in [0, 0.1) is 0 Å². The number of phenols is 2. The molecular formula is C8H7O4S-. The van der Waals surface area contributed by atoms with Crippen molar-refractivity contribution >= 4 is 17.2 Å². The Morgan fingerprint density at radius 1 is 1.31 bits per heavy atom. The third-order valence-corrected chi connectivity index (χ3v) is 1.73. The van der Waals surface area contributed by atoms with E-state index in [-0.39, 0.29) is 11.5 Å². The van der Waals surface area contributed by atoms with Crippen LogP contribution < -0.4 is 0 Å². The number of hydrogen-bond acceptors (Lipinski definition) is 4. The number of phenolic OH excluding ortho intramolecular Hbond substituents is 2. The van der Waals surface area contributed by atoms with Gasteiger partial charge >= 0.3 is 0 Å². The van der Waals surface area contributed by atoms with Crippen LogP contribution in [0.5, 0.6) is 11.5 Å². The largest absolute Gasteiger partial charge is 0.769 e. The quantitative estimate of drug-likeness (QED) is 0.548. The van der Waals surface area contributed by atoms with Crippen molar-refractivity contribution < 1.29 is 19.0 Å². The van der Waals surface area contributed by atoms with Crippen molar-refractivity contribution in [2.75, 3.05) is 0 Å². The molecule has 1 aromatic rings. The van der Waals surface area contributed by atoms with Gasteiger partial charge in [-0.3, -0.25) is 4.21 Å². The smallest absolute Gasteiger partial charge is 0.157 e. The fourth-order valence-electron chi connectivity index (χ4n) is 0.778. The molecule has 0 aliphatic rings. The van der Waals surface area contributed by atoms with E-state index in [0.29, 0.717) is 5.56 Å². The molecule has 0 bridgehead atoms. The molecule has 0 aromatic heterocycles. The minimum Gasteiger partial charge on any atom is -0.769 e. The van der Waals surface area contributed by atoms with Crippen molar-refractivity contribution in [1.29, 1.82) is 0 Å². The molecule has 13 heavy (non-hydrogen) atoms. The van der Waals surface area contributed by atoms with Gasteiger partial charge in [-0.15, -0.1) is 0 Å². The minimum absolute atomic E-state index is 0.236. The molecule has 0 heterocycles. The molecule has 0 aliphatic carbocycles. The third kappa shape index (κ3) is 2.89. The molecule has 1 atom stereocenters. The molecule has 5 heteroatoms. The Kier molecular flexibility index (Phi) is 3.05. The SMILES string of the molecule is O=S([O-])/C=C/c1ccc(O)c(O)c1. The summed E-state index contributed by atoms with van der Waals surface area (Å²) in [7, 11) is 0. The molecule has 4 nitrogen and oxygen atoms in total. The lowest BCUT2D eigenvalue weighted by Gasteiger charge is -1.99. The summed E-state index contributed by atoms with van der Waals surface area (Å²) < 4.78 is 20.3. The second-order valence-electron chi connectivity index (χ2n) is 2.31. The number of benzene rings is 1. The number of aromatic hydroxyl groups is 2. The zero-order chi connectivity index (χ0) is 9.84. The second kappa shape index (κ2) is 4.06. The van der Waals surface area contributed by atoms with Gasteiger partial charge in [0, 0.05) is 0 Å². The van der Waals surface area contributed by atoms with Crippen molar-refractivity contribution in [3.8, 4) is 11.5 Å². The van der Waals surface area contributed by atoms with E-state index < -0.39 is 11.1 Å². The minimum atomic E-state index is -2.25. The average molecular weight is 199 g/mol. The molecular weight excluding hydrogens is 192 g/mol. The Morgan fingerprint density at radius 2 is 2.00 bits per heavy atom. The summed E-state index contributed by atoms with van der Waals surface area (Å²) in [6.45, 7) is 0. The van der Waals surface area contributed by atoms with Gasteiger partial charge in [0.2, 0.25) is 0 Å². The summed E-state index contributed by atoms with van der Waals surface area (Å²) in [5, 5.41) is 18.9. The maximum absolute atomic E-state index is 10.1. The van der Waals surface area contributed by atoms with Crippen molar-refractivity contribution in [2.24, 2.45) is 0 Å². The first-order valence-electron chi connectivity index (χ1n) is 3.38.